The normalized spacial score (nSPS) is 10.5. The van der Waals surface area contributed by atoms with Crippen LogP contribution >= 0.6 is 0 Å². The fourth-order valence-corrected chi connectivity index (χ4v) is 2.32. The first-order valence-electron chi connectivity index (χ1n) is 6.53. The highest BCUT2D eigenvalue weighted by atomic mass is 16.4. The molecule has 0 radical (unpaired) electrons. The number of aromatic carboxylic acids is 1. The largest absolute Gasteiger partial charge is 0.478 e. The van der Waals surface area contributed by atoms with Crippen molar-refractivity contribution >= 4 is 17.6 Å². The van der Waals surface area contributed by atoms with E-state index in [2.05, 4.69) is 5.32 Å². The Morgan fingerprint density at radius 1 is 1.10 bits per heavy atom. The molecule has 2 rings (SSSR count). The second-order valence-corrected chi connectivity index (χ2v) is 4.97. The second kappa shape index (κ2) is 5.44. The van der Waals surface area contributed by atoms with Crippen molar-refractivity contribution in [1.29, 1.82) is 0 Å². The third kappa shape index (κ3) is 2.67. The maximum atomic E-state index is 12.4. The van der Waals surface area contributed by atoms with Gasteiger partial charge >= 0.3 is 5.97 Å². The first-order chi connectivity index (χ1) is 9.82. The van der Waals surface area contributed by atoms with Crippen molar-refractivity contribution < 1.29 is 19.1 Å². The number of nitrogens with one attached hydrogen (secondary N) is 1. The third-order valence-corrected chi connectivity index (χ3v) is 3.53. The smallest absolute Gasteiger partial charge is 0.337 e. The number of aryl methyl sites for hydroxylation is 3. The van der Waals surface area contributed by atoms with Crippen LogP contribution in [0.4, 0.5) is 5.69 Å². The number of para-hydroxylation sites is 1. The molecular formula is C16H17NO4. The van der Waals surface area contributed by atoms with E-state index in [9.17, 15) is 14.7 Å². The van der Waals surface area contributed by atoms with Crippen LogP contribution in [0.5, 0.6) is 0 Å². The number of furan rings is 1. The molecule has 21 heavy (non-hydrogen) atoms. The van der Waals surface area contributed by atoms with Gasteiger partial charge < -0.3 is 14.8 Å². The molecule has 0 saturated carbocycles. The van der Waals surface area contributed by atoms with Crippen LogP contribution in [0.2, 0.25) is 0 Å². The van der Waals surface area contributed by atoms with Crippen LogP contribution in [0, 0.1) is 27.7 Å². The van der Waals surface area contributed by atoms with Gasteiger partial charge in [-0.3, -0.25) is 4.79 Å². The van der Waals surface area contributed by atoms with E-state index < -0.39 is 5.97 Å². The molecule has 5 nitrogen and oxygen atoms in total. The van der Waals surface area contributed by atoms with Crippen LogP contribution in [0.15, 0.2) is 22.6 Å². The summed E-state index contributed by atoms with van der Waals surface area (Å²) in [5, 5.41) is 11.9. The van der Waals surface area contributed by atoms with E-state index in [0.29, 0.717) is 28.3 Å². The summed E-state index contributed by atoms with van der Waals surface area (Å²) in [4.78, 5) is 23.7. The molecule has 1 aromatic carbocycles. The van der Waals surface area contributed by atoms with E-state index in [4.69, 9.17) is 4.42 Å². The second-order valence-electron chi connectivity index (χ2n) is 4.97. The average molecular weight is 287 g/mol. The number of carboxylic acids is 1. The lowest BCUT2D eigenvalue weighted by atomic mass is 10.1. The minimum Gasteiger partial charge on any atom is -0.478 e. The Bertz CT molecular complexity index is 728. The van der Waals surface area contributed by atoms with Gasteiger partial charge in [-0.05, 0) is 39.3 Å². The lowest BCUT2D eigenvalue weighted by Crippen LogP contribution is -2.17. The summed E-state index contributed by atoms with van der Waals surface area (Å²) >= 11 is 0. The number of anilines is 1. The highest BCUT2D eigenvalue weighted by Crippen LogP contribution is 2.25. The summed E-state index contributed by atoms with van der Waals surface area (Å²) in [6.45, 7) is 7.06. The molecule has 0 aliphatic heterocycles. The Hall–Kier alpha value is -2.56. The number of carboxylic acid groups (broad SMARTS) is 1. The molecule has 1 amide bonds. The fourth-order valence-electron chi connectivity index (χ4n) is 2.32. The van der Waals surface area contributed by atoms with E-state index >= 15 is 0 Å². The zero-order valence-electron chi connectivity index (χ0n) is 12.4. The quantitative estimate of drug-likeness (QED) is 0.906. The summed E-state index contributed by atoms with van der Waals surface area (Å²) in [5.41, 5.74) is 2.29. The van der Waals surface area contributed by atoms with Crippen molar-refractivity contribution in [2.45, 2.75) is 27.7 Å². The topological polar surface area (TPSA) is 79.5 Å². The highest BCUT2D eigenvalue weighted by molar-refractivity contribution is 6.09. The van der Waals surface area contributed by atoms with Gasteiger partial charge in [-0.25, -0.2) is 4.79 Å². The number of hydrogen-bond acceptors (Lipinski definition) is 3. The van der Waals surface area contributed by atoms with E-state index in [-0.39, 0.29) is 11.5 Å². The van der Waals surface area contributed by atoms with Crippen molar-refractivity contribution in [2.75, 3.05) is 5.32 Å². The van der Waals surface area contributed by atoms with Crippen molar-refractivity contribution in [3.63, 3.8) is 0 Å². The van der Waals surface area contributed by atoms with Gasteiger partial charge in [-0.15, -0.1) is 0 Å². The summed E-state index contributed by atoms with van der Waals surface area (Å²) in [6, 6.07) is 4.86. The maximum absolute atomic E-state index is 12.4. The van der Waals surface area contributed by atoms with Gasteiger partial charge in [0.2, 0.25) is 0 Å². The predicted octanol–water partition coefficient (Wildman–Crippen LogP) is 3.46. The van der Waals surface area contributed by atoms with Crippen molar-refractivity contribution in [3.05, 3.63) is 52.0 Å². The van der Waals surface area contributed by atoms with Crippen LogP contribution in [0.1, 0.15) is 43.4 Å². The van der Waals surface area contributed by atoms with Gasteiger partial charge in [0.1, 0.15) is 11.5 Å². The molecular weight excluding hydrogens is 270 g/mol. The van der Waals surface area contributed by atoms with Crippen molar-refractivity contribution in [2.24, 2.45) is 0 Å². The number of amides is 1. The SMILES string of the molecule is Cc1cccc(C(=O)O)c1NC(=O)c1c(C)oc(C)c1C. The van der Waals surface area contributed by atoms with E-state index in [1.165, 1.54) is 6.07 Å². The van der Waals surface area contributed by atoms with Gasteiger partial charge in [-0.1, -0.05) is 12.1 Å². The molecule has 0 bridgehead atoms. The Kier molecular flexibility index (Phi) is 3.84. The number of carbonyl (C=O) groups excluding carboxylic acids is 1. The molecule has 0 aliphatic carbocycles. The van der Waals surface area contributed by atoms with Gasteiger partial charge in [0, 0.05) is 5.56 Å². The molecule has 0 spiro atoms. The van der Waals surface area contributed by atoms with Crippen molar-refractivity contribution in [3.8, 4) is 0 Å². The van der Waals surface area contributed by atoms with Crippen LogP contribution in [-0.4, -0.2) is 17.0 Å². The summed E-state index contributed by atoms with van der Waals surface area (Å²) in [5.74, 6) is -0.238. The van der Waals surface area contributed by atoms with Crippen LogP contribution < -0.4 is 5.32 Å². The molecule has 110 valence electrons. The van der Waals surface area contributed by atoms with Gasteiger partial charge in [0.05, 0.1) is 16.8 Å². The minimum absolute atomic E-state index is 0.0684. The number of hydrogen-bond donors (Lipinski definition) is 2. The molecule has 2 aromatic rings. The predicted molar refractivity (Wildman–Crippen MR) is 79.0 cm³/mol. The molecule has 0 saturated heterocycles. The monoisotopic (exact) mass is 287 g/mol. The molecule has 0 atom stereocenters. The Balaban J connectivity index is 2.43. The van der Waals surface area contributed by atoms with Gasteiger partial charge in [0.25, 0.3) is 5.91 Å². The Morgan fingerprint density at radius 3 is 2.29 bits per heavy atom. The molecule has 0 unspecified atom stereocenters. The minimum atomic E-state index is -1.08. The van der Waals surface area contributed by atoms with Crippen LogP contribution in [0.3, 0.4) is 0 Å². The van der Waals surface area contributed by atoms with Gasteiger partial charge in [-0.2, -0.15) is 0 Å². The Morgan fingerprint density at radius 2 is 1.76 bits per heavy atom. The van der Waals surface area contributed by atoms with E-state index in [1.54, 1.807) is 39.8 Å². The maximum Gasteiger partial charge on any atom is 0.337 e. The van der Waals surface area contributed by atoms with Crippen molar-refractivity contribution in [1.82, 2.24) is 0 Å². The lowest BCUT2D eigenvalue weighted by molar-refractivity contribution is 0.0698. The zero-order valence-corrected chi connectivity index (χ0v) is 12.4. The number of carbonyl (C=O) groups is 2. The summed E-state index contributed by atoms with van der Waals surface area (Å²) in [7, 11) is 0. The standard InChI is InChI=1S/C16H17NO4/c1-8-6-5-7-12(16(19)20)14(8)17-15(18)13-9(2)10(3)21-11(13)4/h5-7H,1-4H3,(H,17,18)(H,19,20). The zero-order chi connectivity index (χ0) is 15.7. The van der Waals surface area contributed by atoms with Gasteiger partial charge in [0.15, 0.2) is 0 Å². The highest BCUT2D eigenvalue weighted by Gasteiger charge is 2.21. The fraction of sp³-hybridized carbons (Fsp3) is 0.250. The van der Waals surface area contributed by atoms with Crippen LogP contribution in [0.25, 0.3) is 0 Å². The molecule has 0 fully saturated rings. The number of benzene rings is 1. The summed E-state index contributed by atoms with van der Waals surface area (Å²) in [6.07, 6.45) is 0. The third-order valence-electron chi connectivity index (χ3n) is 3.53. The van der Waals surface area contributed by atoms with E-state index in [0.717, 1.165) is 5.56 Å². The number of rotatable bonds is 3. The first-order valence-corrected chi connectivity index (χ1v) is 6.53. The average Bonchev–Trinajstić information content (AvgIpc) is 2.65. The molecule has 1 aromatic heterocycles. The van der Waals surface area contributed by atoms with Crippen LogP contribution in [-0.2, 0) is 0 Å². The first kappa shape index (κ1) is 14.8. The van der Waals surface area contributed by atoms with E-state index in [1.807, 2.05) is 0 Å². The molecule has 5 heteroatoms. The molecule has 0 aliphatic rings. The molecule has 1 heterocycles. The summed E-state index contributed by atoms with van der Waals surface area (Å²) < 4.78 is 5.43. The Labute approximate surface area is 122 Å². The lowest BCUT2D eigenvalue weighted by Gasteiger charge is -2.11. The molecule has 2 N–H and O–H groups in total.